The maximum atomic E-state index is 12.2. The standard InChI is InChI=1S/C18H17N5O3S/c1-2-16-20-21-18(22(16)14-6-4-3-5-7-14)27-12-17(24)19-13-8-10-15(11-9-13)23(25)26/h3-11H,2,12H2,1H3,(H,19,24). The number of nitro benzene ring substituents is 1. The minimum atomic E-state index is -0.483. The normalized spacial score (nSPS) is 10.6. The smallest absolute Gasteiger partial charge is 0.269 e. The largest absolute Gasteiger partial charge is 0.325 e. The molecule has 1 heterocycles. The van der Waals surface area contributed by atoms with E-state index in [9.17, 15) is 14.9 Å². The van der Waals surface area contributed by atoms with Crippen molar-refractivity contribution in [1.82, 2.24) is 14.8 Å². The molecular formula is C18H17N5O3S. The van der Waals surface area contributed by atoms with Gasteiger partial charge in [0.1, 0.15) is 5.82 Å². The van der Waals surface area contributed by atoms with Crippen molar-refractivity contribution in [3.63, 3.8) is 0 Å². The van der Waals surface area contributed by atoms with Crippen LogP contribution in [0.5, 0.6) is 0 Å². The molecule has 1 aromatic heterocycles. The van der Waals surface area contributed by atoms with E-state index in [1.165, 1.54) is 36.0 Å². The van der Waals surface area contributed by atoms with Gasteiger partial charge in [0.05, 0.1) is 10.7 Å². The molecule has 0 aliphatic carbocycles. The van der Waals surface area contributed by atoms with Crippen LogP contribution in [0.15, 0.2) is 59.8 Å². The number of hydrogen-bond acceptors (Lipinski definition) is 6. The Morgan fingerprint density at radius 3 is 2.48 bits per heavy atom. The Kier molecular flexibility index (Phi) is 5.82. The van der Waals surface area contributed by atoms with Gasteiger partial charge < -0.3 is 5.32 Å². The van der Waals surface area contributed by atoms with Crippen LogP contribution in [0.3, 0.4) is 0 Å². The zero-order chi connectivity index (χ0) is 19.2. The number of carbonyl (C=O) groups excluding carboxylic acids is 1. The van der Waals surface area contributed by atoms with Crippen LogP contribution in [0, 0.1) is 10.1 Å². The highest BCUT2D eigenvalue weighted by Gasteiger charge is 2.15. The molecule has 0 saturated carbocycles. The molecule has 9 heteroatoms. The highest BCUT2D eigenvalue weighted by atomic mass is 32.2. The number of aromatic nitrogens is 3. The van der Waals surface area contributed by atoms with Crippen LogP contribution in [-0.2, 0) is 11.2 Å². The van der Waals surface area contributed by atoms with E-state index in [0.717, 1.165) is 17.9 Å². The summed E-state index contributed by atoms with van der Waals surface area (Å²) in [6.07, 6.45) is 0.720. The van der Waals surface area contributed by atoms with Crippen LogP contribution in [0.25, 0.3) is 5.69 Å². The average Bonchev–Trinajstić information content (AvgIpc) is 3.10. The quantitative estimate of drug-likeness (QED) is 0.381. The zero-order valence-corrected chi connectivity index (χ0v) is 15.3. The van der Waals surface area contributed by atoms with E-state index in [2.05, 4.69) is 15.5 Å². The van der Waals surface area contributed by atoms with Crippen LogP contribution < -0.4 is 5.32 Å². The first kappa shape index (κ1) is 18.6. The van der Waals surface area contributed by atoms with Crippen LogP contribution in [-0.4, -0.2) is 31.3 Å². The van der Waals surface area contributed by atoms with Gasteiger partial charge in [-0.3, -0.25) is 19.5 Å². The SMILES string of the molecule is CCc1nnc(SCC(=O)Nc2ccc([N+](=O)[O-])cc2)n1-c1ccccc1. The van der Waals surface area contributed by atoms with Gasteiger partial charge in [-0.25, -0.2) is 0 Å². The summed E-state index contributed by atoms with van der Waals surface area (Å²) in [5, 5.41) is 22.4. The lowest BCUT2D eigenvalue weighted by Gasteiger charge is -2.09. The fraction of sp³-hybridized carbons (Fsp3) is 0.167. The summed E-state index contributed by atoms with van der Waals surface area (Å²) < 4.78 is 1.93. The van der Waals surface area contributed by atoms with Gasteiger partial charge in [0.15, 0.2) is 5.16 Å². The highest BCUT2D eigenvalue weighted by molar-refractivity contribution is 7.99. The second-order valence-corrected chi connectivity index (χ2v) is 6.51. The number of rotatable bonds is 7. The minimum absolute atomic E-state index is 0.0227. The molecule has 0 aliphatic heterocycles. The van der Waals surface area contributed by atoms with Crippen LogP contribution in [0.2, 0.25) is 0 Å². The molecule has 3 rings (SSSR count). The molecule has 8 nitrogen and oxygen atoms in total. The second kappa shape index (κ2) is 8.45. The van der Waals surface area contributed by atoms with E-state index in [4.69, 9.17) is 0 Å². The summed E-state index contributed by atoms with van der Waals surface area (Å²) >= 11 is 1.28. The van der Waals surface area contributed by atoms with Crippen molar-refractivity contribution in [3.8, 4) is 5.69 Å². The number of anilines is 1. The number of thioether (sulfide) groups is 1. The Morgan fingerprint density at radius 1 is 1.15 bits per heavy atom. The molecule has 0 fully saturated rings. The number of carbonyl (C=O) groups is 1. The Hall–Kier alpha value is -3.20. The van der Waals surface area contributed by atoms with Crippen LogP contribution >= 0.6 is 11.8 Å². The van der Waals surface area contributed by atoms with Gasteiger partial charge in [-0.05, 0) is 24.3 Å². The van der Waals surface area contributed by atoms with E-state index < -0.39 is 4.92 Å². The third-order valence-corrected chi connectivity index (χ3v) is 4.65. The summed E-state index contributed by atoms with van der Waals surface area (Å²) in [6.45, 7) is 2.00. The predicted octanol–water partition coefficient (Wildman–Crippen LogP) is 3.47. The summed E-state index contributed by atoms with van der Waals surface area (Å²) in [5.74, 6) is 0.736. The number of nitrogens with zero attached hydrogens (tertiary/aromatic N) is 4. The Balaban J connectivity index is 1.67. The van der Waals surface area contributed by atoms with Gasteiger partial charge in [-0.15, -0.1) is 10.2 Å². The van der Waals surface area contributed by atoms with Crippen molar-refractivity contribution >= 4 is 29.0 Å². The molecular weight excluding hydrogens is 366 g/mol. The predicted molar refractivity (Wildman–Crippen MR) is 103 cm³/mol. The number of para-hydroxylation sites is 1. The maximum absolute atomic E-state index is 12.2. The Bertz CT molecular complexity index is 941. The fourth-order valence-electron chi connectivity index (χ4n) is 2.45. The van der Waals surface area contributed by atoms with Crippen molar-refractivity contribution in [2.24, 2.45) is 0 Å². The van der Waals surface area contributed by atoms with E-state index in [1.807, 2.05) is 41.8 Å². The number of amides is 1. The van der Waals surface area contributed by atoms with Crippen LogP contribution in [0.1, 0.15) is 12.7 Å². The maximum Gasteiger partial charge on any atom is 0.269 e. The first-order valence-electron chi connectivity index (χ1n) is 8.25. The molecule has 0 unspecified atom stereocenters. The lowest BCUT2D eigenvalue weighted by molar-refractivity contribution is -0.384. The van der Waals surface area contributed by atoms with E-state index >= 15 is 0 Å². The van der Waals surface area contributed by atoms with Crippen molar-refractivity contribution < 1.29 is 9.72 Å². The lowest BCUT2D eigenvalue weighted by atomic mass is 10.3. The minimum Gasteiger partial charge on any atom is -0.325 e. The topological polar surface area (TPSA) is 103 Å². The van der Waals surface area contributed by atoms with Gasteiger partial charge in [-0.1, -0.05) is 36.9 Å². The number of benzene rings is 2. The fourth-order valence-corrected chi connectivity index (χ4v) is 3.22. The van der Waals surface area contributed by atoms with Gasteiger partial charge in [-0.2, -0.15) is 0 Å². The molecule has 138 valence electrons. The van der Waals surface area contributed by atoms with E-state index in [0.29, 0.717) is 10.8 Å². The molecule has 0 saturated heterocycles. The molecule has 0 radical (unpaired) electrons. The molecule has 27 heavy (non-hydrogen) atoms. The number of non-ortho nitro benzene ring substituents is 1. The van der Waals surface area contributed by atoms with E-state index in [-0.39, 0.29) is 17.3 Å². The summed E-state index contributed by atoms with van der Waals surface area (Å²) in [4.78, 5) is 22.4. The molecule has 0 spiro atoms. The Morgan fingerprint density at radius 2 is 1.85 bits per heavy atom. The summed E-state index contributed by atoms with van der Waals surface area (Å²) in [7, 11) is 0. The molecule has 0 atom stereocenters. The number of aryl methyl sites for hydroxylation is 1. The van der Waals surface area contributed by atoms with Gasteiger partial charge in [0.25, 0.3) is 5.69 Å². The lowest BCUT2D eigenvalue weighted by Crippen LogP contribution is -2.14. The first-order valence-corrected chi connectivity index (χ1v) is 9.24. The third kappa shape index (κ3) is 4.50. The average molecular weight is 383 g/mol. The van der Waals surface area contributed by atoms with Gasteiger partial charge in [0.2, 0.25) is 5.91 Å². The van der Waals surface area contributed by atoms with Crippen molar-refractivity contribution in [1.29, 1.82) is 0 Å². The third-order valence-electron chi connectivity index (χ3n) is 3.73. The Labute approximate surface area is 159 Å². The van der Waals surface area contributed by atoms with Crippen molar-refractivity contribution in [2.45, 2.75) is 18.5 Å². The van der Waals surface area contributed by atoms with Gasteiger partial charge in [0, 0.05) is 29.9 Å². The molecule has 2 aromatic carbocycles. The van der Waals surface area contributed by atoms with Crippen molar-refractivity contribution in [3.05, 3.63) is 70.5 Å². The zero-order valence-electron chi connectivity index (χ0n) is 14.5. The number of hydrogen-bond donors (Lipinski definition) is 1. The number of nitrogens with one attached hydrogen (secondary N) is 1. The second-order valence-electron chi connectivity index (χ2n) is 5.56. The molecule has 3 aromatic rings. The molecule has 1 amide bonds. The number of nitro groups is 1. The monoisotopic (exact) mass is 383 g/mol. The van der Waals surface area contributed by atoms with Crippen molar-refractivity contribution in [2.75, 3.05) is 11.1 Å². The summed E-state index contributed by atoms with van der Waals surface area (Å²) in [6, 6.07) is 15.4. The molecule has 0 bridgehead atoms. The van der Waals surface area contributed by atoms with E-state index in [1.54, 1.807) is 0 Å². The molecule has 1 N–H and O–H groups in total. The highest BCUT2D eigenvalue weighted by Crippen LogP contribution is 2.23. The van der Waals surface area contributed by atoms with Crippen LogP contribution in [0.4, 0.5) is 11.4 Å². The molecule has 0 aliphatic rings. The summed E-state index contributed by atoms with van der Waals surface area (Å²) in [5.41, 5.74) is 1.42. The van der Waals surface area contributed by atoms with Gasteiger partial charge >= 0.3 is 0 Å². The first-order chi connectivity index (χ1) is 13.1.